The van der Waals surface area contributed by atoms with Gasteiger partial charge in [-0.05, 0) is 30.7 Å². The second kappa shape index (κ2) is 10.0. The molecule has 10 nitrogen and oxygen atoms in total. The van der Waals surface area contributed by atoms with Crippen molar-refractivity contribution in [2.24, 2.45) is 5.11 Å². The highest BCUT2D eigenvalue weighted by molar-refractivity contribution is 9.10. The van der Waals surface area contributed by atoms with Crippen molar-refractivity contribution in [3.05, 3.63) is 86.2 Å². The van der Waals surface area contributed by atoms with E-state index < -0.39 is 48.5 Å². The van der Waals surface area contributed by atoms with Crippen LogP contribution >= 0.6 is 15.9 Å². The number of fused-ring (bicyclic) bond motifs is 1. The van der Waals surface area contributed by atoms with Crippen LogP contribution in [-0.4, -0.2) is 50.8 Å². The van der Waals surface area contributed by atoms with Gasteiger partial charge in [-0.1, -0.05) is 51.4 Å². The highest BCUT2D eigenvalue weighted by atomic mass is 79.9. The van der Waals surface area contributed by atoms with Gasteiger partial charge in [0.05, 0.1) is 30.0 Å². The number of rotatable bonds is 4. The third-order valence-electron chi connectivity index (χ3n) is 6.12. The molecule has 0 aliphatic carbocycles. The molecule has 6 atom stereocenters. The molecule has 14 heteroatoms. The fraction of sp³-hybridized carbons (Fsp3) is 0.391. The topological polar surface area (TPSA) is 127 Å². The molecule has 2 aromatic carbocycles. The molecule has 2 fully saturated rings. The summed E-state index contributed by atoms with van der Waals surface area (Å²) in [7, 11) is 0. The van der Waals surface area contributed by atoms with E-state index in [-0.39, 0.29) is 23.9 Å². The Bertz CT molecular complexity index is 1330. The Labute approximate surface area is 216 Å². The minimum absolute atomic E-state index is 0.0166. The maximum absolute atomic E-state index is 13.8. The van der Waals surface area contributed by atoms with E-state index in [0.29, 0.717) is 4.47 Å². The summed E-state index contributed by atoms with van der Waals surface area (Å²) < 4.78 is 60.8. The van der Waals surface area contributed by atoms with Gasteiger partial charge in [0.1, 0.15) is 24.1 Å². The molecule has 2 saturated heterocycles. The van der Waals surface area contributed by atoms with E-state index in [2.05, 4.69) is 36.0 Å². The van der Waals surface area contributed by atoms with Crippen LogP contribution in [0.4, 0.5) is 13.2 Å². The second-order valence-electron chi connectivity index (χ2n) is 8.55. The van der Waals surface area contributed by atoms with E-state index in [1.807, 2.05) is 18.2 Å². The van der Waals surface area contributed by atoms with Crippen LogP contribution in [0, 0.1) is 6.92 Å². The SMILES string of the molecule is Cc1nc([C@@H]2O[C@@H]3COC(c4ccccc4)O[C@@H]3[C@H](N=[N+]=[N-])[C@H]2O)n(-c2cc(Br)ccc2C(F)(F)F)n1. The third kappa shape index (κ3) is 4.96. The molecule has 0 amide bonds. The van der Waals surface area contributed by atoms with Crippen molar-refractivity contribution in [2.45, 2.75) is 49.8 Å². The van der Waals surface area contributed by atoms with Gasteiger partial charge in [-0.2, -0.15) is 18.3 Å². The predicted molar refractivity (Wildman–Crippen MR) is 125 cm³/mol. The normalized spacial score (nSPS) is 27.8. The molecule has 1 aromatic heterocycles. The zero-order valence-corrected chi connectivity index (χ0v) is 20.7. The summed E-state index contributed by atoms with van der Waals surface area (Å²) in [5.41, 5.74) is 8.68. The molecule has 0 saturated carbocycles. The maximum Gasteiger partial charge on any atom is 0.418 e. The van der Waals surface area contributed by atoms with E-state index in [0.717, 1.165) is 16.3 Å². The van der Waals surface area contributed by atoms with Gasteiger partial charge >= 0.3 is 6.18 Å². The summed E-state index contributed by atoms with van der Waals surface area (Å²) in [6, 6.07) is 11.4. The first-order chi connectivity index (χ1) is 17.7. The number of hydrogen-bond acceptors (Lipinski definition) is 7. The van der Waals surface area contributed by atoms with Crippen LogP contribution in [0.1, 0.15) is 35.2 Å². The van der Waals surface area contributed by atoms with Crippen molar-refractivity contribution in [3.8, 4) is 5.69 Å². The summed E-state index contributed by atoms with van der Waals surface area (Å²) >= 11 is 3.20. The molecule has 3 heterocycles. The lowest BCUT2D eigenvalue weighted by molar-refractivity contribution is -0.309. The first kappa shape index (κ1) is 25.6. The number of ether oxygens (including phenoxy) is 3. The van der Waals surface area contributed by atoms with Crippen molar-refractivity contribution in [1.29, 1.82) is 0 Å². The molecule has 0 radical (unpaired) electrons. The molecule has 5 rings (SSSR count). The Balaban J connectivity index is 1.53. The zero-order chi connectivity index (χ0) is 26.3. The van der Waals surface area contributed by atoms with Gasteiger partial charge in [0, 0.05) is 14.9 Å². The fourth-order valence-corrected chi connectivity index (χ4v) is 4.86. The second-order valence-corrected chi connectivity index (χ2v) is 9.46. The molecule has 1 unspecified atom stereocenters. The Morgan fingerprint density at radius 1 is 1.19 bits per heavy atom. The first-order valence-corrected chi connectivity index (χ1v) is 12.0. The molecule has 1 N–H and O–H groups in total. The summed E-state index contributed by atoms with van der Waals surface area (Å²) in [6.45, 7) is 1.52. The monoisotopic (exact) mass is 580 g/mol. The lowest BCUT2D eigenvalue weighted by atomic mass is 9.91. The smallest absolute Gasteiger partial charge is 0.389 e. The minimum atomic E-state index is -4.69. The zero-order valence-electron chi connectivity index (χ0n) is 19.2. The van der Waals surface area contributed by atoms with Gasteiger partial charge in [-0.3, -0.25) is 0 Å². The van der Waals surface area contributed by atoms with Crippen LogP contribution in [0.3, 0.4) is 0 Å². The van der Waals surface area contributed by atoms with Gasteiger partial charge in [-0.15, -0.1) is 0 Å². The highest BCUT2D eigenvalue weighted by Crippen LogP contribution is 2.42. The number of hydrogen-bond donors (Lipinski definition) is 1. The molecular formula is C23H20BrF3N6O4. The van der Waals surface area contributed by atoms with Crippen molar-refractivity contribution in [1.82, 2.24) is 14.8 Å². The van der Waals surface area contributed by atoms with Crippen LogP contribution in [0.25, 0.3) is 16.1 Å². The van der Waals surface area contributed by atoms with E-state index in [1.165, 1.54) is 19.1 Å². The molecule has 194 valence electrons. The number of halogens is 4. The quantitative estimate of drug-likeness (QED) is 0.264. The van der Waals surface area contributed by atoms with Gasteiger partial charge in [0.25, 0.3) is 0 Å². The lowest BCUT2D eigenvalue weighted by Crippen LogP contribution is -2.58. The number of aromatic nitrogens is 3. The van der Waals surface area contributed by atoms with E-state index in [9.17, 15) is 23.8 Å². The molecule has 37 heavy (non-hydrogen) atoms. The standard InChI is InChI=1S/C23H20BrF3N6O4/c1-11-29-21(33(31-11)15-9-13(24)7-8-14(15)23(25,26)27)20-18(34)17(30-32-28)19-16(36-20)10-35-22(37-19)12-5-3-2-4-6-12/h2-9,16-20,22,34H,10H2,1H3/t16-,17-,18-,19+,20-,22?/m1/s1. The largest absolute Gasteiger partial charge is 0.418 e. The van der Waals surface area contributed by atoms with Crippen LogP contribution in [0.2, 0.25) is 0 Å². The van der Waals surface area contributed by atoms with Crippen molar-refractivity contribution in [2.75, 3.05) is 6.61 Å². The number of aliphatic hydroxyl groups is 1. The summed E-state index contributed by atoms with van der Waals surface area (Å²) in [4.78, 5) is 7.14. The molecule has 2 aliphatic heterocycles. The molecule has 0 bridgehead atoms. The number of alkyl halides is 3. The van der Waals surface area contributed by atoms with Crippen molar-refractivity contribution in [3.63, 3.8) is 0 Å². The first-order valence-electron chi connectivity index (χ1n) is 11.2. The van der Waals surface area contributed by atoms with E-state index >= 15 is 0 Å². The van der Waals surface area contributed by atoms with Crippen LogP contribution < -0.4 is 0 Å². The third-order valence-corrected chi connectivity index (χ3v) is 6.61. The summed E-state index contributed by atoms with van der Waals surface area (Å²) in [5, 5.41) is 19.2. The Morgan fingerprint density at radius 3 is 2.65 bits per heavy atom. The van der Waals surface area contributed by atoms with Gasteiger partial charge in [0.15, 0.2) is 12.1 Å². The Morgan fingerprint density at radius 2 is 1.95 bits per heavy atom. The maximum atomic E-state index is 13.8. The van der Waals surface area contributed by atoms with E-state index in [4.69, 9.17) is 14.2 Å². The van der Waals surface area contributed by atoms with Crippen LogP contribution in [0.5, 0.6) is 0 Å². The van der Waals surface area contributed by atoms with Gasteiger partial charge < -0.3 is 19.3 Å². The molecule has 2 aliphatic rings. The number of nitrogens with zero attached hydrogens (tertiary/aromatic N) is 6. The fourth-order valence-electron chi connectivity index (χ4n) is 4.51. The lowest BCUT2D eigenvalue weighted by Gasteiger charge is -2.46. The van der Waals surface area contributed by atoms with Crippen molar-refractivity contribution >= 4 is 15.9 Å². The number of azide groups is 1. The number of aliphatic hydroxyl groups excluding tert-OH is 1. The average Bonchev–Trinajstić information content (AvgIpc) is 3.26. The molecular weight excluding hydrogens is 561 g/mol. The minimum Gasteiger partial charge on any atom is -0.389 e. The Kier molecular flexibility index (Phi) is 6.96. The number of aryl methyl sites for hydroxylation is 1. The average molecular weight is 581 g/mol. The van der Waals surface area contributed by atoms with Crippen molar-refractivity contribution < 1.29 is 32.5 Å². The van der Waals surface area contributed by atoms with Gasteiger partial charge in [0.2, 0.25) is 0 Å². The van der Waals surface area contributed by atoms with E-state index in [1.54, 1.807) is 12.1 Å². The summed E-state index contributed by atoms with van der Waals surface area (Å²) in [5.74, 6) is 0.0667. The molecule has 3 aromatic rings. The number of benzene rings is 2. The summed E-state index contributed by atoms with van der Waals surface area (Å²) in [6.07, 6.45) is -9.95. The molecule has 0 spiro atoms. The predicted octanol–water partition coefficient (Wildman–Crippen LogP) is 4.95. The highest BCUT2D eigenvalue weighted by Gasteiger charge is 2.51. The van der Waals surface area contributed by atoms with Gasteiger partial charge in [-0.25, -0.2) is 9.67 Å². The van der Waals surface area contributed by atoms with Crippen LogP contribution in [-0.2, 0) is 20.4 Å². The van der Waals surface area contributed by atoms with Crippen LogP contribution in [0.15, 0.2) is 58.1 Å². The Hall–Kier alpha value is -3.00.